The number of nitrogens with zero attached hydrogens (tertiary/aromatic N) is 2. The third kappa shape index (κ3) is 4.83. The van der Waals surface area contributed by atoms with Crippen LogP contribution in [-0.2, 0) is 0 Å². The quantitative estimate of drug-likeness (QED) is 0.412. The molecule has 8 nitrogen and oxygen atoms in total. The molecular formula is C22H27FN6O2. The molecule has 0 aliphatic carbocycles. The summed E-state index contributed by atoms with van der Waals surface area (Å²) in [7, 11) is 1.54. The highest BCUT2D eigenvalue weighted by Crippen LogP contribution is 2.35. The van der Waals surface area contributed by atoms with Crippen LogP contribution in [0.2, 0.25) is 0 Å². The van der Waals surface area contributed by atoms with Crippen LogP contribution < -0.4 is 26.8 Å². The third-order valence-corrected chi connectivity index (χ3v) is 5.02. The Morgan fingerprint density at radius 1 is 1.29 bits per heavy atom. The largest absolute Gasteiger partial charge is 0.497 e. The molecule has 9 heteroatoms. The molecule has 0 aliphatic rings. The van der Waals surface area contributed by atoms with Crippen molar-refractivity contribution in [3.05, 3.63) is 48.0 Å². The number of ether oxygens (including phenoxy) is 1. The number of fused-ring (bicyclic) bond motifs is 1. The number of nitrogens with one attached hydrogen (secondary N) is 2. The molecule has 2 aromatic heterocycles. The van der Waals surface area contributed by atoms with Crippen LogP contribution in [0.5, 0.6) is 5.75 Å². The summed E-state index contributed by atoms with van der Waals surface area (Å²) < 4.78 is 21.0. The maximum absolute atomic E-state index is 15.7. The minimum Gasteiger partial charge on any atom is -0.497 e. The summed E-state index contributed by atoms with van der Waals surface area (Å²) in [6, 6.07) is 6.26. The Morgan fingerprint density at radius 2 is 2.06 bits per heavy atom. The standard InChI is InChI=1S/C22H27FN6O2/c1-4-6-15(12(2)24)28-17-10-13(31-3)9-16-19(17)20(23)18(11-27-16)29-22-14(21(25)30)7-5-8-26-22/h5,7-12,15,28H,4,6,24H2,1-3H3,(H2,25,30)(H,26,29)/t12-,15+/m0/s1. The zero-order valence-corrected chi connectivity index (χ0v) is 17.8. The zero-order chi connectivity index (χ0) is 22.5. The Bertz CT molecular complexity index is 1090. The molecule has 2 heterocycles. The zero-order valence-electron chi connectivity index (χ0n) is 17.8. The average Bonchev–Trinajstić information content (AvgIpc) is 2.75. The van der Waals surface area contributed by atoms with E-state index in [9.17, 15) is 4.79 Å². The molecule has 0 bridgehead atoms. The predicted octanol–water partition coefficient (Wildman–Crippen LogP) is 3.55. The molecule has 0 fully saturated rings. The van der Waals surface area contributed by atoms with E-state index in [1.165, 1.54) is 18.5 Å². The molecule has 0 saturated heterocycles. The first-order chi connectivity index (χ1) is 14.8. The molecule has 0 radical (unpaired) electrons. The van der Waals surface area contributed by atoms with Crippen molar-refractivity contribution in [2.45, 2.75) is 38.8 Å². The molecule has 31 heavy (non-hydrogen) atoms. The van der Waals surface area contributed by atoms with Crippen LogP contribution in [-0.4, -0.2) is 35.1 Å². The molecule has 0 saturated carbocycles. The number of anilines is 3. The second kappa shape index (κ2) is 9.57. The third-order valence-electron chi connectivity index (χ3n) is 5.02. The Hall–Kier alpha value is -3.46. The summed E-state index contributed by atoms with van der Waals surface area (Å²) in [5.74, 6) is -0.520. The number of aromatic nitrogens is 2. The topological polar surface area (TPSA) is 128 Å². The number of rotatable bonds is 9. The molecule has 0 unspecified atom stereocenters. The molecule has 0 aliphatic heterocycles. The SMILES string of the molecule is CCC[C@@H](Nc1cc(OC)cc2ncc(Nc3ncccc3C(N)=O)c(F)c12)[C@H](C)N. The molecule has 0 spiro atoms. The van der Waals surface area contributed by atoms with Gasteiger partial charge in [0.1, 0.15) is 11.6 Å². The van der Waals surface area contributed by atoms with E-state index < -0.39 is 11.7 Å². The number of pyridine rings is 2. The van der Waals surface area contributed by atoms with E-state index in [0.29, 0.717) is 17.0 Å². The Labute approximate surface area is 180 Å². The maximum atomic E-state index is 15.7. The lowest BCUT2D eigenvalue weighted by atomic mass is 10.0. The molecule has 164 valence electrons. The number of nitrogens with two attached hydrogens (primary N) is 2. The lowest BCUT2D eigenvalue weighted by molar-refractivity contribution is 0.100. The number of hydrogen-bond acceptors (Lipinski definition) is 7. The number of methoxy groups -OCH3 is 1. The van der Waals surface area contributed by atoms with Crippen LogP contribution in [0.15, 0.2) is 36.7 Å². The van der Waals surface area contributed by atoms with E-state index in [0.717, 1.165) is 12.8 Å². The van der Waals surface area contributed by atoms with Crippen LogP contribution in [0.1, 0.15) is 37.0 Å². The molecule has 3 rings (SSSR count). The molecule has 6 N–H and O–H groups in total. The van der Waals surface area contributed by atoms with Gasteiger partial charge in [-0.25, -0.2) is 9.37 Å². The number of benzene rings is 1. The van der Waals surface area contributed by atoms with Gasteiger partial charge in [0.15, 0.2) is 5.82 Å². The van der Waals surface area contributed by atoms with Gasteiger partial charge >= 0.3 is 0 Å². The van der Waals surface area contributed by atoms with Gasteiger partial charge in [0, 0.05) is 30.4 Å². The van der Waals surface area contributed by atoms with E-state index in [1.54, 1.807) is 25.3 Å². The number of halogens is 1. The van der Waals surface area contributed by atoms with Crippen LogP contribution >= 0.6 is 0 Å². The molecule has 3 aromatic rings. The summed E-state index contributed by atoms with van der Waals surface area (Å²) in [6.45, 7) is 3.97. The highest BCUT2D eigenvalue weighted by Gasteiger charge is 2.20. The lowest BCUT2D eigenvalue weighted by Gasteiger charge is -2.24. The van der Waals surface area contributed by atoms with Gasteiger partial charge in [-0.3, -0.25) is 9.78 Å². The van der Waals surface area contributed by atoms with E-state index in [2.05, 4.69) is 27.5 Å². The number of hydrogen-bond donors (Lipinski definition) is 4. The number of carbonyl (C=O) groups is 1. The second-order valence-corrected chi connectivity index (χ2v) is 7.34. The first kappa shape index (κ1) is 22.2. The van der Waals surface area contributed by atoms with E-state index in [4.69, 9.17) is 16.2 Å². The van der Waals surface area contributed by atoms with Crippen molar-refractivity contribution in [3.8, 4) is 5.75 Å². The van der Waals surface area contributed by atoms with Crippen LogP contribution in [0, 0.1) is 5.82 Å². The summed E-state index contributed by atoms with van der Waals surface area (Å²) in [4.78, 5) is 20.2. The van der Waals surface area contributed by atoms with Crippen molar-refractivity contribution in [1.82, 2.24) is 9.97 Å². The minimum atomic E-state index is -0.670. The highest BCUT2D eigenvalue weighted by molar-refractivity contribution is 5.99. The summed E-state index contributed by atoms with van der Waals surface area (Å²) in [5.41, 5.74) is 12.7. The van der Waals surface area contributed by atoms with Gasteiger partial charge in [0.05, 0.1) is 41.1 Å². The maximum Gasteiger partial charge on any atom is 0.252 e. The van der Waals surface area contributed by atoms with Crippen molar-refractivity contribution in [3.63, 3.8) is 0 Å². The summed E-state index contributed by atoms with van der Waals surface area (Å²) >= 11 is 0. The van der Waals surface area contributed by atoms with Gasteiger partial charge in [-0.1, -0.05) is 13.3 Å². The Morgan fingerprint density at radius 3 is 2.71 bits per heavy atom. The van der Waals surface area contributed by atoms with Gasteiger partial charge < -0.3 is 26.8 Å². The average molecular weight is 426 g/mol. The van der Waals surface area contributed by atoms with Crippen LogP contribution in [0.3, 0.4) is 0 Å². The number of carbonyl (C=O) groups excluding carboxylic acids is 1. The van der Waals surface area contributed by atoms with E-state index >= 15 is 4.39 Å². The molecule has 1 aromatic carbocycles. The summed E-state index contributed by atoms with van der Waals surface area (Å²) in [5, 5.41) is 6.48. The van der Waals surface area contributed by atoms with Gasteiger partial charge in [-0.05, 0) is 25.5 Å². The minimum absolute atomic E-state index is 0.0615. The fourth-order valence-electron chi connectivity index (χ4n) is 3.39. The molecule has 2 atom stereocenters. The Kier molecular flexibility index (Phi) is 6.86. The van der Waals surface area contributed by atoms with Gasteiger partial charge in [0.2, 0.25) is 0 Å². The first-order valence-electron chi connectivity index (χ1n) is 10.1. The smallest absolute Gasteiger partial charge is 0.252 e. The molecule has 1 amide bonds. The second-order valence-electron chi connectivity index (χ2n) is 7.34. The molecular weight excluding hydrogens is 399 g/mol. The van der Waals surface area contributed by atoms with Gasteiger partial charge in [-0.2, -0.15) is 0 Å². The highest BCUT2D eigenvalue weighted by atomic mass is 19.1. The van der Waals surface area contributed by atoms with Crippen molar-refractivity contribution < 1.29 is 13.9 Å². The Balaban J connectivity index is 2.11. The fraction of sp³-hybridized carbons (Fsp3) is 0.318. The van der Waals surface area contributed by atoms with Crippen molar-refractivity contribution in [1.29, 1.82) is 0 Å². The van der Waals surface area contributed by atoms with E-state index in [-0.39, 0.29) is 34.5 Å². The van der Waals surface area contributed by atoms with Crippen LogP contribution in [0.25, 0.3) is 10.9 Å². The van der Waals surface area contributed by atoms with Crippen molar-refractivity contribution >= 4 is 34.0 Å². The number of primary amides is 1. The first-order valence-corrected chi connectivity index (χ1v) is 10.1. The predicted molar refractivity (Wildman–Crippen MR) is 120 cm³/mol. The van der Waals surface area contributed by atoms with Gasteiger partial charge in [-0.15, -0.1) is 0 Å². The van der Waals surface area contributed by atoms with Crippen LogP contribution in [0.4, 0.5) is 21.6 Å². The fourth-order valence-corrected chi connectivity index (χ4v) is 3.39. The summed E-state index contributed by atoms with van der Waals surface area (Å²) in [6.07, 6.45) is 4.57. The normalized spacial score (nSPS) is 12.9. The van der Waals surface area contributed by atoms with Crippen molar-refractivity contribution in [2.75, 3.05) is 17.7 Å². The van der Waals surface area contributed by atoms with E-state index in [1.807, 2.05) is 6.92 Å². The van der Waals surface area contributed by atoms with Gasteiger partial charge in [0.25, 0.3) is 5.91 Å². The number of amides is 1. The van der Waals surface area contributed by atoms with Crippen molar-refractivity contribution in [2.24, 2.45) is 11.5 Å². The lowest BCUT2D eigenvalue weighted by Crippen LogP contribution is -2.37. The monoisotopic (exact) mass is 426 g/mol.